The molecule has 3 nitrogen and oxygen atoms in total. The number of rotatable bonds is 4. The van der Waals surface area contributed by atoms with E-state index in [2.05, 4.69) is 5.32 Å². The second-order valence-electron chi connectivity index (χ2n) is 3.71. The summed E-state index contributed by atoms with van der Waals surface area (Å²) in [5.41, 5.74) is -1.29. The maximum absolute atomic E-state index is 13.8. The summed E-state index contributed by atoms with van der Waals surface area (Å²) in [6.45, 7) is 2.92. The lowest BCUT2D eigenvalue weighted by Crippen LogP contribution is -2.34. The van der Waals surface area contributed by atoms with Gasteiger partial charge in [-0.3, -0.25) is 4.79 Å². The van der Waals surface area contributed by atoms with E-state index in [4.69, 9.17) is 5.11 Å². The highest BCUT2D eigenvalue weighted by atomic mass is 19.1. The fourth-order valence-corrected chi connectivity index (χ4v) is 1.80. The van der Waals surface area contributed by atoms with Gasteiger partial charge in [0.2, 0.25) is 0 Å². The molecule has 0 heterocycles. The van der Waals surface area contributed by atoms with Gasteiger partial charge in [-0.1, -0.05) is 6.92 Å². The molecule has 1 rings (SSSR count). The molecule has 0 spiro atoms. The van der Waals surface area contributed by atoms with Crippen molar-refractivity contribution in [3.8, 4) is 0 Å². The van der Waals surface area contributed by atoms with Crippen molar-refractivity contribution in [1.82, 2.24) is 5.32 Å². The van der Waals surface area contributed by atoms with Gasteiger partial charge in [0, 0.05) is 6.54 Å². The normalized spacial score (nSPS) is 33.5. The molecule has 13 heavy (non-hydrogen) atoms. The van der Waals surface area contributed by atoms with Gasteiger partial charge in [-0.05, 0) is 25.8 Å². The van der Waals surface area contributed by atoms with Crippen LogP contribution in [0.15, 0.2) is 0 Å². The third-order valence-corrected chi connectivity index (χ3v) is 2.59. The molecule has 0 saturated heterocycles. The average Bonchev–Trinajstić information content (AvgIpc) is 2.46. The summed E-state index contributed by atoms with van der Waals surface area (Å²) in [6, 6.07) is 0. The molecule has 0 aromatic carbocycles. The molecule has 2 unspecified atom stereocenters. The highest BCUT2D eigenvalue weighted by molar-refractivity contribution is 5.70. The topological polar surface area (TPSA) is 49.3 Å². The molecule has 76 valence electrons. The first-order chi connectivity index (χ1) is 6.07. The molecule has 0 aromatic heterocycles. The number of nitrogens with one attached hydrogen (secondary N) is 1. The van der Waals surface area contributed by atoms with Crippen LogP contribution in [-0.2, 0) is 4.79 Å². The Hall–Kier alpha value is -0.640. The summed E-state index contributed by atoms with van der Waals surface area (Å²) in [5, 5.41) is 11.6. The molecule has 0 radical (unpaired) electrons. The number of halogens is 1. The summed E-state index contributed by atoms with van der Waals surface area (Å²) in [4.78, 5) is 10.6. The van der Waals surface area contributed by atoms with Crippen LogP contribution in [0.1, 0.15) is 26.2 Å². The van der Waals surface area contributed by atoms with Crippen LogP contribution in [0.4, 0.5) is 4.39 Å². The predicted octanol–water partition coefficient (Wildman–Crippen LogP) is 1.19. The molecule has 2 atom stereocenters. The van der Waals surface area contributed by atoms with E-state index < -0.39 is 17.6 Å². The highest BCUT2D eigenvalue weighted by Crippen LogP contribution is 2.37. The lowest BCUT2D eigenvalue weighted by atomic mass is 10.0. The summed E-state index contributed by atoms with van der Waals surface area (Å²) in [5.74, 6) is -1.35. The van der Waals surface area contributed by atoms with Gasteiger partial charge in [0.1, 0.15) is 5.67 Å². The maximum Gasteiger partial charge on any atom is 0.306 e. The summed E-state index contributed by atoms with van der Waals surface area (Å²) in [6.07, 6.45) is 1.00. The minimum atomic E-state index is -1.29. The Labute approximate surface area is 77.3 Å². The Kier molecular flexibility index (Phi) is 3.25. The third-order valence-electron chi connectivity index (χ3n) is 2.59. The van der Waals surface area contributed by atoms with Gasteiger partial charge in [0.15, 0.2) is 0 Å². The van der Waals surface area contributed by atoms with Crippen molar-refractivity contribution in [3.05, 3.63) is 0 Å². The highest BCUT2D eigenvalue weighted by Gasteiger charge is 2.41. The van der Waals surface area contributed by atoms with E-state index in [1.807, 2.05) is 6.92 Å². The van der Waals surface area contributed by atoms with Crippen molar-refractivity contribution < 1.29 is 14.3 Å². The Morgan fingerprint density at radius 3 is 2.92 bits per heavy atom. The van der Waals surface area contributed by atoms with Crippen molar-refractivity contribution in [3.63, 3.8) is 0 Å². The molecule has 1 aliphatic rings. The van der Waals surface area contributed by atoms with Crippen molar-refractivity contribution >= 4 is 5.97 Å². The van der Waals surface area contributed by atoms with Gasteiger partial charge in [-0.15, -0.1) is 0 Å². The van der Waals surface area contributed by atoms with Crippen LogP contribution < -0.4 is 5.32 Å². The third kappa shape index (κ3) is 2.66. The first kappa shape index (κ1) is 10.4. The van der Waals surface area contributed by atoms with Gasteiger partial charge < -0.3 is 10.4 Å². The number of aliphatic carboxylic acids is 1. The standard InChI is InChI=1S/C9H16FNO2/c1-2-11-6-9(10)4-3-7(5-9)8(12)13/h7,11H,2-6H2,1H3,(H,12,13). The second kappa shape index (κ2) is 4.05. The first-order valence-electron chi connectivity index (χ1n) is 4.70. The van der Waals surface area contributed by atoms with E-state index in [1.165, 1.54) is 0 Å². The van der Waals surface area contributed by atoms with E-state index in [9.17, 15) is 9.18 Å². The van der Waals surface area contributed by atoms with Gasteiger partial charge >= 0.3 is 5.97 Å². The smallest absolute Gasteiger partial charge is 0.306 e. The number of hydrogen-bond donors (Lipinski definition) is 2. The molecular weight excluding hydrogens is 173 g/mol. The van der Waals surface area contributed by atoms with E-state index in [1.54, 1.807) is 0 Å². The van der Waals surface area contributed by atoms with Crippen LogP contribution in [-0.4, -0.2) is 29.8 Å². The fraction of sp³-hybridized carbons (Fsp3) is 0.889. The zero-order valence-corrected chi connectivity index (χ0v) is 7.85. The van der Waals surface area contributed by atoms with Gasteiger partial charge in [-0.2, -0.15) is 0 Å². The van der Waals surface area contributed by atoms with Crippen LogP contribution in [0.2, 0.25) is 0 Å². The van der Waals surface area contributed by atoms with Crippen molar-refractivity contribution in [2.45, 2.75) is 31.9 Å². The van der Waals surface area contributed by atoms with Crippen LogP contribution in [0.25, 0.3) is 0 Å². The molecule has 1 saturated carbocycles. The molecule has 2 N–H and O–H groups in total. The Morgan fingerprint density at radius 1 is 1.77 bits per heavy atom. The van der Waals surface area contributed by atoms with Crippen molar-refractivity contribution in [2.75, 3.05) is 13.1 Å². The van der Waals surface area contributed by atoms with Gasteiger partial charge in [-0.25, -0.2) is 4.39 Å². The molecule has 0 aliphatic heterocycles. The molecule has 4 heteroatoms. The number of hydrogen-bond acceptors (Lipinski definition) is 2. The van der Waals surface area contributed by atoms with Crippen molar-refractivity contribution in [1.29, 1.82) is 0 Å². The van der Waals surface area contributed by atoms with Gasteiger partial charge in [0.05, 0.1) is 5.92 Å². The lowest BCUT2D eigenvalue weighted by Gasteiger charge is -2.19. The largest absolute Gasteiger partial charge is 0.481 e. The van der Waals surface area contributed by atoms with Crippen LogP contribution in [0.5, 0.6) is 0 Å². The summed E-state index contributed by atoms with van der Waals surface area (Å²) in [7, 11) is 0. The second-order valence-corrected chi connectivity index (χ2v) is 3.71. The maximum atomic E-state index is 13.8. The molecule has 1 fully saturated rings. The van der Waals surface area contributed by atoms with Crippen LogP contribution in [0, 0.1) is 5.92 Å². The van der Waals surface area contributed by atoms with E-state index >= 15 is 0 Å². The summed E-state index contributed by atoms with van der Waals surface area (Å²) >= 11 is 0. The molecule has 1 aliphatic carbocycles. The molecular formula is C9H16FNO2. The Morgan fingerprint density at radius 2 is 2.46 bits per heavy atom. The minimum Gasteiger partial charge on any atom is -0.481 e. The number of alkyl halides is 1. The number of carbonyl (C=O) groups is 1. The number of carboxylic acids is 1. The predicted molar refractivity (Wildman–Crippen MR) is 47.4 cm³/mol. The van der Waals surface area contributed by atoms with E-state index in [0.717, 1.165) is 6.54 Å². The van der Waals surface area contributed by atoms with E-state index in [0.29, 0.717) is 12.8 Å². The number of carboxylic acid groups (broad SMARTS) is 1. The SMILES string of the molecule is CCNCC1(F)CCC(C(=O)O)C1. The average molecular weight is 189 g/mol. The van der Waals surface area contributed by atoms with Gasteiger partial charge in [0.25, 0.3) is 0 Å². The fourth-order valence-electron chi connectivity index (χ4n) is 1.80. The lowest BCUT2D eigenvalue weighted by molar-refractivity contribution is -0.141. The molecule has 0 bridgehead atoms. The zero-order valence-electron chi connectivity index (χ0n) is 7.85. The Balaban J connectivity index is 2.41. The first-order valence-corrected chi connectivity index (χ1v) is 4.70. The van der Waals surface area contributed by atoms with Crippen molar-refractivity contribution in [2.24, 2.45) is 5.92 Å². The summed E-state index contributed by atoms with van der Waals surface area (Å²) < 4.78 is 13.8. The quantitative estimate of drug-likeness (QED) is 0.698. The van der Waals surface area contributed by atoms with Crippen LogP contribution >= 0.6 is 0 Å². The molecule has 0 aromatic rings. The Bertz CT molecular complexity index is 198. The van der Waals surface area contributed by atoms with E-state index in [-0.39, 0.29) is 13.0 Å². The van der Waals surface area contributed by atoms with Crippen LogP contribution in [0.3, 0.4) is 0 Å². The monoisotopic (exact) mass is 189 g/mol. The minimum absolute atomic E-state index is 0.162. The zero-order chi connectivity index (χ0) is 9.90. The molecule has 0 amide bonds.